The van der Waals surface area contributed by atoms with Crippen LogP contribution in [-0.4, -0.2) is 28.9 Å². The predicted octanol–water partition coefficient (Wildman–Crippen LogP) is 5.28. The molecule has 8 heteroatoms. The van der Waals surface area contributed by atoms with Crippen molar-refractivity contribution in [2.75, 3.05) is 11.9 Å². The SMILES string of the molecule is O=Cc1sc(NCC(Cc2ccccc2)C(=O)O)nc1-c1ccc(Cl)c(Cl)c1. The van der Waals surface area contributed by atoms with Crippen LogP contribution in [0.1, 0.15) is 15.2 Å². The number of halogens is 2. The first-order chi connectivity index (χ1) is 13.5. The monoisotopic (exact) mass is 434 g/mol. The molecule has 0 aliphatic heterocycles. The van der Waals surface area contributed by atoms with Gasteiger partial charge < -0.3 is 10.4 Å². The van der Waals surface area contributed by atoms with Crippen LogP contribution < -0.4 is 5.32 Å². The largest absolute Gasteiger partial charge is 0.481 e. The highest BCUT2D eigenvalue weighted by molar-refractivity contribution is 7.17. The molecule has 3 aromatic rings. The molecule has 0 spiro atoms. The molecule has 0 bridgehead atoms. The van der Waals surface area contributed by atoms with Crippen molar-refractivity contribution in [1.82, 2.24) is 4.98 Å². The lowest BCUT2D eigenvalue weighted by Gasteiger charge is -2.12. The van der Waals surface area contributed by atoms with Crippen molar-refractivity contribution in [3.63, 3.8) is 0 Å². The quantitative estimate of drug-likeness (QED) is 0.471. The highest BCUT2D eigenvalue weighted by Gasteiger charge is 2.20. The van der Waals surface area contributed by atoms with E-state index < -0.39 is 11.9 Å². The van der Waals surface area contributed by atoms with Crippen molar-refractivity contribution >= 4 is 51.9 Å². The van der Waals surface area contributed by atoms with Gasteiger partial charge in [-0.05, 0) is 24.1 Å². The standard InChI is InChI=1S/C20H16Cl2N2O3S/c21-15-7-6-13(9-16(15)22)18-17(11-25)28-20(24-18)23-10-14(19(26)27)8-12-4-2-1-3-5-12/h1-7,9,11,14H,8,10H2,(H,23,24)(H,26,27). The Morgan fingerprint density at radius 3 is 2.57 bits per heavy atom. The molecule has 0 fully saturated rings. The number of rotatable bonds is 8. The lowest BCUT2D eigenvalue weighted by Crippen LogP contribution is -2.25. The molecule has 2 aromatic carbocycles. The van der Waals surface area contributed by atoms with Crippen LogP contribution in [0.5, 0.6) is 0 Å². The van der Waals surface area contributed by atoms with Crippen molar-refractivity contribution in [3.8, 4) is 11.3 Å². The number of nitrogens with one attached hydrogen (secondary N) is 1. The van der Waals surface area contributed by atoms with Crippen LogP contribution in [0.25, 0.3) is 11.3 Å². The Balaban J connectivity index is 1.76. The summed E-state index contributed by atoms with van der Waals surface area (Å²) < 4.78 is 0. The molecule has 2 N–H and O–H groups in total. The van der Waals surface area contributed by atoms with E-state index in [0.717, 1.165) is 11.8 Å². The Morgan fingerprint density at radius 1 is 1.18 bits per heavy atom. The second-order valence-electron chi connectivity index (χ2n) is 6.08. The zero-order valence-corrected chi connectivity index (χ0v) is 16.9. The summed E-state index contributed by atoms with van der Waals surface area (Å²) in [6.45, 7) is 0.191. The molecular weight excluding hydrogens is 419 g/mol. The number of carbonyl (C=O) groups excluding carboxylic acids is 1. The van der Waals surface area contributed by atoms with Crippen molar-refractivity contribution < 1.29 is 14.7 Å². The Morgan fingerprint density at radius 2 is 1.93 bits per heavy atom. The summed E-state index contributed by atoms with van der Waals surface area (Å²) in [6, 6.07) is 14.4. The fraction of sp³-hybridized carbons (Fsp3) is 0.150. The lowest BCUT2D eigenvalue weighted by atomic mass is 9.99. The summed E-state index contributed by atoms with van der Waals surface area (Å²) in [5.41, 5.74) is 2.09. The molecule has 0 saturated carbocycles. The smallest absolute Gasteiger partial charge is 0.308 e. The van der Waals surface area contributed by atoms with Crippen molar-refractivity contribution in [3.05, 3.63) is 69.0 Å². The summed E-state index contributed by atoms with van der Waals surface area (Å²) in [6.07, 6.45) is 1.12. The molecular formula is C20H16Cl2N2O3S. The van der Waals surface area contributed by atoms with Gasteiger partial charge in [0.1, 0.15) is 0 Å². The van der Waals surface area contributed by atoms with E-state index in [4.69, 9.17) is 23.2 Å². The highest BCUT2D eigenvalue weighted by Crippen LogP contribution is 2.33. The summed E-state index contributed by atoms with van der Waals surface area (Å²) in [5, 5.41) is 13.8. The van der Waals surface area contributed by atoms with Gasteiger partial charge in [-0.2, -0.15) is 0 Å². The molecule has 0 aliphatic carbocycles. The first-order valence-corrected chi connectivity index (χ1v) is 9.97. The highest BCUT2D eigenvalue weighted by atomic mass is 35.5. The number of aldehydes is 1. The Hall–Kier alpha value is -2.41. The van der Waals surface area contributed by atoms with E-state index in [2.05, 4.69) is 10.3 Å². The molecule has 1 unspecified atom stereocenters. The van der Waals surface area contributed by atoms with Crippen LogP contribution in [0, 0.1) is 5.92 Å². The second kappa shape index (κ2) is 9.19. The molecule has 28 heavy (non-hydrogen) atoms. The third-order valence-electron chi connectivity index (χ3n) is 4.13. The molecule has 0 radical (unpaired) electrons. The Kier molecular flexibility index (Phi) is 6.67. The van der Waals surface area contributed by atoms with E-state index in [-0.39, 0.29) is 6.54 Å². The average Bonchev–Trinajstić information content (AvgIpc) is 3.11. The van der Waals surface area contributed by atoms with Gasteiger partial charge in [0.05, 0.1) is 26.5 Å². The summed E-state index contributed by atoms with van der Waals surface area (Å²) >= 11 is 13.2. The summed E-state index contributed by atoms with van der Waals surface area (Å²) in [7, 11) is 0. The fourth-order valence-electron chi connectivity index (χ4n) is 2.69. The Labute approximate surface area is 176 Å². The van der Waals surface area contributed by atoms with Gasteiger partial charge in [0.25, 0.3) is 0 Å². The number of thiazole rings is 1. The van der Waals surface area contributed by atoms with E-state index in [0.29, 0.717) is 37.7 Å². The van der Waals surface area contributed by atoms with Crippen LogP contribution in [-0.2, 0) is 11.2 Å². The first-order valence-electron chi connectivity index (χ1n) is 8.40. The zero-order valence-electron chi connectivity index (χ0n) is 14.6. The van der Waals surface area contributed by atoms with Crippen molar-refractivity contribution in [1.29, 1.82) is 0 Å². The van der Waals surface area contributed by atoms with Gasteiger partial charge in [-0.15, -0.1) is 0 Å². The molecule has 5 nitrogen and oxygen atoms in total. The van der Waals surface area contributed by atoms with Gasteiger partial charge in [-0.25, -0.2) is 4.98 Å². The maximum atomic E-state index is 11.6. The first kappa shape index (κ1) is 20.3. The number of carboxylic acids is 1. The maximum absolute atomic E-state index is 11.6. The summed E-state index contributed by atoms with van der Waals surface area (Å²) in [5.74, 6) is -1.52. The normalized spacial score (nSPS) is 11.8. The third kappa shape index (κ3) is 4.90. The van der Waals surface area contributed by atoms with Crippen LogP contribution in [0.4, 0.5) is 5.13 Å². The second-order valence-corrected chi connectivity index (χ2v) is 7.93. The topological polar surface area (TPSA) is 79.3 Å². The van der Waals surface area contributed by atoms with Gasteiger partial charge >= 0.3 is 5.97 Å². The number of benzene rings is 2. The molecule has 0 amide bonds. The van der Waals surface area contributed by atoms with Crippen LogP contribution in [0.2, 0.25) is 10.0 Å². The maximum Gasteiger partial charge on any atom is 0.308 e. The minimum Gasteiger partial charge on any atom is -0.481 e. The van der Waals surface area contributed by atoms with E-state index >= 15 is 0 Å². The fourth-order valence-corrected chi connectivity index (χ4v) is 3.80. The molecule has 1 aromatic heterocycles. The van der Waals surface area contributed by atoms with Crippen LogP contribution >= 0.6 is 34.5 Å². The van der Waals surface area contributed by atoms with Gasteiger partial charge in [-0.3, -0.25) is 9.59 Å². The summed E-state index contributed by atoms with van der Waals surface area (Å²) in [4.78, 5) is 27.9. The third-order valence-corrected chi connectivity index (χ3v) is 5.80. The molecule has 3 rings (SSSR count). The van der Waals surface area contributed by atoms with E-state index in [9.17, 15) is 14.7 Å². The van der Waals surface area contributed by atoms with Gasteiger partial charge in [0.2, 0.25) is 0 Å². The van der Waals surface area contributed by atoms with E-state index in [1.807, 2.05) is 30.3 Å². The number of nitrogens with zero attached hydrogens (tertiary/aromatic N) is 1. The van der Waals surface area contributed by atoms with Crippen molar-refractivity contribution in [2.45, 2.75) is 6.42 Å². The number of aromatic nitrogens is 1. The van der Waals surface area contributed by atoms with Gasteiger partial charge in [0.15, 0.2) is 11.4 Å². The minimum atomic E-state index is -0.895. The number of carbonyl (C=O) groups is 2. The molecule has 0 saturated heterocycles. The number of aliphatic carboxylic acids is 1. The van der Waals surface area contributed by atoms with Crippen LogP contribution in [0.3, 0.4) is 0 Å². The predicted molar refractivity (Wildman–Crippen MR) is 113 cm³/mol. The minimum absolute atomic E-state index is 0.191. The van der Waals surface area contributed by atoms with Crippen LogP contribution in [0.15, 0.2) is 48.5 Å². The molecule has 144 valence electrons. The number of hydrogen-bond acceptors (Lipinski definition) is 5. The van der Waals surface area contributed by atoms with E-state index in [1.54, 1.807) is 18.2 Å². The zero-order chi connectivity index (χ0) is 20.1. The number of hydrogen-bond donors (Lipinski definition) is 2. The number of anilines is 1. The van der Waals surface area contributed by atoms with E-state index in [1.165, 1.54) is 11.3 Å². The molecule has 1 heterocycles. The van der Waals surface area contributed by atoms with Gasteiger partial charge in [0, 0.05) is 12.1 Å². The molecule has 0 aliphatic rings. The average molecular weight is 435 g/mol. The van der Waals surface area contributed by atoms with Crippen molar-refractivity contribution in [2.24, 2.45) is 5.92 Å². The Bertz CT molecular complexity index is 992. The molecule has 1 atom stereocenters. The van der Waals surface area contributed by atoms with Gasteiger partial charge in [-0.1, -0.05) is 70.9 Å². The number of carboxylic acid groups (broad SMARTS) is 1. The lowest BCUT2D eigenvalue weighted by molar-refractivity contribution is -0.141.